The molecule has 0 unspecified atom stereocenters. The zero-order valence-corrected chi connectivity index (χ0v) is 12.8. The molecule has 0 amide bonds. The molecule has 7 nitrogen and oxygen atoms in total. The number of benzene rings is 2. The maximum Gasteiger partial charge on any atom is 0.365 e. The van der Waals surface area contributed by atoms with Crippen molar-refractivity contribution >= 4 is 29.1 Å². The van der Waals surface area contributed by atoms with Crippen molar-refractivity contribution in [3.05, 3.63) is 74.3 Å². The molecule has 0 heterocycles. The van der Waals surface area contributed by atoms with Crippen molar-refractivity contribution in [1.29, 1.82) is 0 Å². The van der Waals surface area contributed by atoms with Crippen LogP contribution in [0.3, 0.4) is 0 Å². The zero-order valence-electron chi connectivity index (χ0n) is 12.0. The highest BCUT2D eigenvalue weighted by Gasteiger charge is 2.15. The Hall–Kier alpha value is -2.93. The van der Waals surface area contributed by atoms with Crippen LogP contribution in [0.5, 0.6) is 0 Å². The Balaban J connectivity index is 2.12. The second kappa shape index (κ2) is 6.89. The van der Waals surface area contributed by atoms with Gasteiger partial charge in [0.05, 0.1) is 10.5 Å². The summed E-state index contributed by atoms with van der Waals surface area (Å²) in [5.41, 5.74) is 6.66. The molecule has 0 fully saturated rings. The molecule has 0 spiro atoms. The summed E-state index contributed by atoms with van der Waals surface area (Å²) >= 11 is 5.76. The molecule has 2 aromatic carbocycles. The Morgan fingerprint density at radius 3 is 2.39 bits per heavy atom. The molecule has 0 radical (unpaired) electrons. The molecule has 0 aliphatic heterocycles. The molecule has 0 aliphatic rings. The number of nitrogens with two attached hydrogens (primary N) is 1. The fourth-order valence-electron chi connectivity index (χ4n) is 1.80. The number of nitro benzene ring substituents is 1. The molecule has 0 aromatic heterocycles. The average Bonchev–Trinajstić information content (AvgIpc) is 2.52. The van der Waals surface area contributed by atoms with E-state index < -0.39 is 10.9 Å². The third-order valence-corrected chi connectivity index (χ3v) is 3.25. The van der Waals surface area contributed by atoms with Crippen LogP contribution < -0.4 is 5.73 Å². The first kappa shape index (κ1) is 16.4. The van der Waals surface area contributed by atoms with Crippen molar-refractivity contribution in [2.75, 3.05) is 0 Å². The molecule has 2 N–H and O–H groups in total. The topological polar surface area (TPSA) is 108 Å². The number of nitro groups is 1. The lowest BCUT2D eigenvalue weighted by molar-refractivity contribution is -0.385. The summed E-state index contributed by atoms with van der Waals surface area (Å²) in [6.45, 7) is 1.53. The van der Waals surface area contributed by atoms with Crippen molar-refractivity contribution in [2.24, 2.45) is 10.9 Å². The van der Waals surface area contributed by atoms with Gasteiger partial charge in [-0.1, -0.05) is 16.8 Å². The largest absolute Gasteiger partial charge is 0.380 e. The van der Waals surface area contributed by atoms with E-state index in [0.29, 0.717) is 16.1 Å². The number of halogens is 1. The smallest absolute Gasteiger partial charge is 0.365 e. The van der Waals surface area contributed by atoms with Gasteiger partial charge in [-0.25, -0.2) is 4.79 Å². The van der Waals surface area contributed by atoms with E-state index in [9.17, 15) is 14.9 Å². The van der Waals surface area contributed by atoms with Gasteiger partial charge in [-0.3, -0.25) is 10.1 Å². The van der Waals surface area contributed by atoms with Gasteiger partial charge < -0.3 is 10.6 Å². The summed E-state index contributed by atoms with van der Waals surface area (Å²) in [6, 6.07) is 10.4. The molecule has 2 aromatic rings. The van der Waals surface area contributed by atoms with Crippen LogP contribution in [0.2, 0.25) is 5.02 Å². The lowest BCUT2D eigenvalue weighted by atomic mass is 10.1. The lowest BCUT2D eigenvalue weighted by Crippen LogP contribution is -2.15. The summed E-state index contributed by atoms with van der Waals surface area (Å²) in [5.74, 6) is -0.756. The molecule has 118 valence electrons. The first-order valence-corrected chi connectivity index (χ1v) is 6.82. The minimum atomic E-state index is -0.764. The van der Waals surface area contributed by atoms with E-state index in [-0.39, 0.29) is 17.1 Å². The van der Waals surface area contributed by atoms with E-state index in [1.807, 2.05) is 0 Å². The molecule has 0 atom stereocenters. The summed E-state index contributed by atoms with van der Waals surface area (Å²) in [6.07, 6.45) is 0. The number of carbonyl (C=O) groups is 1. The second-order valence-corrected chi connectivity index (χ2v) is 5.06. The highest BCUT2D eigenvalue weighted by atomic mass is 35.5. The van der Waals surface area contributed by atoms with Gasteiger partial charge in [0.2, 0.25) is 0 Å². The van der Waals surface area contributed by atoms with Crippen LogP contribution in [0.1, 0.15) is 21.5 Å². The molecular weight excluding hydrogens is 322 g/mol. The standard InChI is InChI=1S/C15H12ClN3O4/c1-9-8-11(4-7-13(9)19(21)22)15(20)23-18-14(17)10-2-5-12(16)6-3-10/h2-8H,1H3,(H2,17,18). The minimum Gasteiger partial charge on any atom is -0.380 e. The molecule has 0 bridgehead atoms. The van der Waals surface area contributed by atoms with Crippen LogP contribution in [0.15, 0.2) is 47.6 Å². The van der Waals surface area contributed by atoms with Gasteiger partial charge in [0.15, 0.2) is 5.84 Å². The Kier molecular flexibility index (Phi) is 4.92. The van der Waals surface area contributed by atoms with Crippen LogP contribution in [0, 0.1) is 17.0 Å². The van der Waals surface area contributed by atoms with E-state index in [0.717, 1.165) is 0 Å². The maximum atomic E-state index is 11.9. The van der Waals surface area contributed by atoms with E-state index in [4.69, 9.17) is 22.2 Å². The summed E-state index contributed by atoms with van der Waals surface area (Å²) in [4.78, 5) is 26.9. The summed E-state index contributed by atoms with van der Waals surface area (Å²) in [7, 11) is 0. The molecule has 23 heavy (non-hydrogen) atoms. The first-order valence-electron chi connectivity index (χ1n) is 6.44. The average molecular weight is 334 g/mol. The number of rotatable bonds is 4. The zero-order chi connectivity index (χ0) is 17.0. The van der Waals surface area contributed by atoms with Crippen molar-refractivity contribution in [2.45, 2.75) is 6.92 Å². The first-order chi connectivity index (χ1) is 10.9. The Bertz CT molecular complexity index is 788. The van der Waals surface area contributed by atoms with Crippen molar-refractivity contribution in [1.82, 2.24) is 0 Å². The number of carbonyl (C=O) groups excluding carboxylic acids is 1. The molecule has 0 aliphatic carbocycles. The highest BCUT2D eigenvalue weighted by Crippen LogP contribution is 2.19. The predicted octanol–water partition coefficient (Wildman–Crippen LogP) is 3.03. The molecule has 2 rings (SSSR count). The number of hydrogen-bond acceptors (Lipinski definition) is 5. The minimum absolute atomic E-state index is 0.00801. The van der Waals surface area contributed by atoms with Crippen LogP contribution in [0.4, 0.5) is 5.69 Å². The fraction of sp³-hybridized carbons (Fsp3) is 0.0667. The Morgan fingerprint density at radius 2 is 1.83 bits per heavy atom. The van der Waals surface area contributed by atoms with Gasteiger partial charge in [-0.15, -0.1) is 0 Å². The highest BCUT2D eigenvalue weighted by molar-refractivity contribution is 6.30. The van der Waals surface area contributed by atoms with Crippen LogP contribution in [-0.2, 0) is 4.84 Å². The lowest BCUT2D eigenvalue weighted by Gasteiger charge is -2.03. The van der Waals surface area contributed by atoms with Crippen LogP contribution in [0.25, 0.3) is 0 Å². The van der Waals surface area contributed by atoms with E-state index >= 15 is 0 Å². The third-order valence-electron chi connectivity index (χ3n) is 3.00. The molecule has 8 heteroatoms. The quantitative estimate of drug-likeness (QED) is 0.304. The summed E-state index contributed by atoms with van der Waals surface area (Å²) < 4.78 is 0. The van der Waals surface area contributed by atoms with Crippen LogP contribution in [-0.4, -0.2) is 16.7 Å². The molecular formula is C15H12ClN3O4. The number of nitrogens with zero attached hydrogens (tertiary/aromatic N) is 2. The SMILES string of the molecule is Cc1cc(C(=O)O/N=C(\N)c2ccc(Cl)cc2)ccc1[N+](=O)[O-]. The Labute approximate surface area is 136 Å². The number of amidine groups is 1. The molecule has 0 saturated carbocycles. The fourth-order valence-corrected chi connectivity index (χ4v) is 1.93. The van der Waals surface area contributed by atoms with Gasteiger partial charge in [0.1, 0.15) is 0 Å². The third kappa shape index (κ3) is 4.04. The van der Waals surface area contributed by atoms with Crippen molar-refractivity contribution in [3.63, 3.8) is 0 Å². The van der Waals surface area contributed by atoms with Crippen LogP contribution >= 0.6 is 11.6 Å². The van der Waals surface area contributed by atoms with Gasteiger partial charge in [0, 0.05) is 22.2 Å². The van der Waals surface area contributed by atoms with Gasteiger partial charge in [-0.05, 0) is 43.3 Å². The van der Waals surface area contributed by atoms with Crippen molar-refractivity contribution in [3.8, 4) is 0 Å². The van der Waals surface area contributed by atoms with Gasteiger partial charge in [-0.2, -0.15) is 0 Å². The van der Waals surface area contributed by atoms with E-state index in [1.54, 1.807) is 24.3 Å². The Morgan fingerprint density at radius 1 is 1.22 bits per heavy atom. The predicted molar refractivity (Wildman–Crippen MR) is 85.4 cm³/mol. The normalized spacial score (nSPS) is 11.1. The monoisotopic (exact) mass is 333 g/mol. The maximum absolute atomic E-state index is 11.9. The summed E-state index contributed by atoms with van der Waals surface area (Å²) in [5, 5.41) is 14.8. The van der Waals surface area contributed by atoms with Gasteiger partial charge >= 0.3 is 5.97 Å². The number of aryl methyl sites for hydroxylation is 1. The number of hydrogen-bond donors (Lipinski definition) is 1. The van der Waals surface area contributed by atoms with Gasteiger partial charge in [0.25, 0.3) is 5.69 Å². The number of oxime groups is 1. The van der Waals surface area contributed by atoms with E-state index in [2.05, 4.69) is 5.16 Å². The molecule has 0 saturated heterocycles. The second-order valence-electron chi connectivity index (χ2n) is 4.62. The van der Waals surface area contributed by atoms with Crippen molar-refractivity contribution < 1.29 is 14.6 Å². The van der Waals surface area contributed by atoms with E-state index in [1.165, 1.54) is 25.1 Å².